The number of carbonyl (C=O) groups excluding carboxylic acids is 1. The van der Waals surface area contributed by atoms with E-state index >= 15 is 0 Å². The Morgan fingerprint density at radius 3 is 3.00 bits per heavy atom. The molecular formula is C16H28N2O2. The van der Waals surface area contributed by atoms with Crippen LogP contribution in [0.1, 0.15) is 51.4 Å². The number of nitrogens with one attached hydrogen (secondary N) is 2. The normalized spacial score (nSPS) is 22.6. The Morgan fingerprint density at radius 1 is 1.30 bits per heavy atom. The summed E-state index contributed by atoms with van der Waals surface area (Å²) in [6.45, 7) is 3.30. The maximum Gasteiger partial charge on any atom is 0.221 e. The molecule has 1 fully saturated rings. The van der Waals surface area contributed by atoms with E-state index < -0.39 is 0 Å². The Bertz CT molecular complexity index is 322. The monoisotopic (exact) mass is 280 g/mol. The first-order valence-corrected chi connectivity index (χ1v) is 8.11. The molecule has 2 rings (SSSR count). The zero-order valence-corrected chi connectivity index (χ0v) is 12.5. The third-order valence-electron chi connectivity index (χ3n) is 4.08. The van der Waals surface area contributed by atoms with Crippen molar-refractivity contribution in [1.29, 1.82) is 0 Å². The highest BCUT2D eigenvalue weighted by molar-refractivity contribution is 5.76. The lowest BCUT2D eigenvalue weighted by Gasteiger charge is -2.13. The molecule has 1 atom stereocenters. The van der Waals surface area contributed by atoms with Crippen molar-refractivity contribution in [3.8, 4) is 0 Å². The Balaban J connectivity index is 1.44. The highest BCUT2D eigenvalue weighted by atomic mass is 16.5. The van der Waals surface area contributed by atoms with Crippen LogP contribution in [0.15, 0.2) is 11.6 Å². The number of allylic oxidation sites excluding steroid dienone is 1. The van der Waals surface area contributed by atoms with Crippen molar-refractivity contribution in [2.45, 2.75) is 57.5 Å². The Morgan fingerprint density at radius 2 is 2.25 bits per heavy atom. The summed E-state index contributed by atoms with van der Waals surface area (Å²) < 4.78 is 5.52. The smallest absolute Gasteiger partial charge is 0.221 e. The van der Waals surface area contributed by atoms with Gasteiger partial charge in [0.05, 0.1) is 6.10 Å². The van der Waals surface area contributed by atoms with Crippen LogP contribution in [0.3, 0.4) is 0 Å². The molecule has 1 aliphatic carbocycles. The maximum atomic E-state index is 11.7. The second-order valence-corrected chi connectivity index (χ2v) is 5.80. The first kappa shape index (κ1) is 15.5. The zero-order chi connectivity index (χ0) is 14.0. The molecule has 0 bridgehead atoms. The predicted octanol–water partition coefficient (Wildman–Crippen LogP) is 2.15. The summed E-state index contributed by atoms with van der Waals surface area (Å²) in [5.74, 6) is 0.154. The molecule has 1 saturated heterocycles. The second-order valence-electron chi connectivity index (χ2n) is 5.80. The molecule has 2 aliphatic rings. The van der Waals surface area contributed by atoms with Crippen molar-refractivity contribution in [3.63, 3.8) is 0 Å². The molecule has 4 heteroatoms. The molecule has 0 saturated carbocycles. The average molecular weight is 280 g/mol. The summed E-state index contributed by atoms with van der Waals surface area (Å²) in [5, 5.41) is 6.31. The summed E-state index contributed by atoms with van der Waals surface area (Å²) in [4.78, 5) is 11.7. The van der Waals surface area contributed by atoms with Crippen molar-refractivity contribution in [1.82, 2.24) is 10.6 Å². The van der Waals surface area contributed by atoms with Gasteiger partial charge in [0.1, 0.15) is 0 Å². The molecule has 0 aromatic heterocycles. The lowest BCUT2D eigenvalue weighted by molar-refractivity contribution is -0.120. The topological polar surface area (TPSA) is 50.4 Å². The molecule has 2 N–H and O–H groups in total. The van der Waals surface area contributed by atoms with Gasteiger partial charge in [-0.15, -0.1) is 0 Å². The van der Waals surface area contributed by atoms with Gasteiger partial charge >= 0.3 is 0 Å². The van der Waals surface area contributed by atoms with Gasteiger partial charge in [-0.1, -0.05) is 11.6 Å². The van der Waals surface area contributed by atoms with Crippen LogP contribution in [0.25, 0.3) is 0 Å². The van der Waals surface area contributed by atoms with Crippen LogP contribution in [0, 0.1) is 0 Å². The fourth-order valence-corrected chi connectivity index (χ4v) is 2.85. The minimum absolute atomic E-state index is 0.154. The molecule has 0 spiro atoms. The quantitative estimate of drug-likeness (QED) is 0.529. The van der Waals surface area contributed by atoms with Gasteiger partial charge < -0.3 is 15.4 Å². The molecule has 1 amide bonds. The van der Waals surface area contributed by atoms with Gasteiger partial charge in [-0.05, 0) is 44.9 Å². The van der Waals surface area contributed by atoms with Crippen molar-refractivity contribution < 1.29 is 9.53 Å². The fourth-order valence-electron chi connectivity index (χ4n) is 2.85. The highest BCUT2D eigenvalue weighted by Crippen LogP contribution is 2.19. The van der Waals surface area contributed by atoms with Gasteiger partial charge in [0.15, 0.2) is 0 Å². The van der Waals surface area contributed by atoms with E-state index in [0.717, 1.165) is 39.1 Å². The Kier molecular flexibility index (Phi) is 7.09. The van der Waals surface area contributed by atoms with E-state index in [0.29, 0.717) is 12.5 Å². The summed E-state index contributed by atoms with van der Waals surface area (Å²) in [5.41, 5.74) is 1.52. The summed E-state index contributed by atoms with van der Waals surface area (Å²) in [6.07, 6.45) is 11.7. The van der Waals surface area contributed by atoms with Gasteiger partial charge in [-0.25, -0.2) is 0 Å². The van der Waals surface area contributed by atoms with Crippen LogP contribution < -0.4 is 10.6 Å². The van der Waals surface area contributed by atoms with Crippen molar-refractivity contribution in [2.24, 2.45) is 0 Å². The van der Waals surface area contributed by atoms with Crippen LogP contribution in [0.4, 0.5) is 0 Å². The number of amides is 1. The van der Waals surface area contributed by atoms with Crippen molar-refractivity contribution in [3.05, 3.63) is 11.6 Å². The average Bonchev–Trinajstić information content (AvgIpc) is 2.98. The molecule has 20 heavy (non-hydrogen) atoms. The van der Waals surface area contributed by atoms with Crippen LogP contribution in [-0.2, 0) is 9.53 Å². The van der Waals surface area contributed by atoms with Gasteiger partial charge in [-0.3, -0.25) is 4.79 Å². The molecule has 0 aromatic rings. The first-order valence-electron chi connectivity index (χ1n) is 8.11. The van der Waals surface area contributed by atoms with Crippen LogP contribution >= 0.6 is 0 Å². The lowest BCUT2D eigenvalue weighted by Crippen LogP contribution is -2.32. The van der Waals surface area contributed by atoms with Crippen molar-refractivity contribution in [2.75, 3.05) is 26.2 Å². The summed E-state index contributed by atoms with van der Waals surface area (Å²) in [6, 6.07) is 0. The van der Waals surface area contributed by atoms with E-state index in [2.05, 4.69) is 16.7 Å². The highest BCUT2D eigenvalue weighted by Gasteiger charge is 2.14. The molecule has 114 valence electrons. The van der Waals surface area contributed by atoms with Gasteiger partial charge in [0.25, 0.3) is 0 Å². The number of carbonyl (C=O) groups is 1. The van der Waals surface area contributed by atoms with Crippen LogP contribution in [0.5, 0.6) is 0 Å². The lowest BCUT2D eigenvalue weighted by atomic mass is 9.97. The number of hydrogen-bond donors (Lipinski definition) is 2. The minimum atomic E-state index is 0.154. The van der Waals surface area contributed by atoms with Crippen molar-refractivity contribution >= 4 is 5.91 Å². The SMILES string of the molecule is O=C(CCNCC1CCCO1)NCCC1=CCCCC1. The first-order chi connectivity index (χ1) is 9.84. The molecule has 1 heterocycles. The standard InChI is InChI=1S/C16H28N2O2/c19-16(9-10-17-13-15-7-4-12-20-15)18-11-8-14-5-2-1-3-6-14/h5,15,17H,1-4,6-13H2,(H,18,19). The van der Waals surface area contributed by atoms with Gasteiger partial charge in [0, 0.05) is 32.7 Å². The van der Waals surface area contributed by atoms with Gasteiger partial charge in [-0.2, -0.15) is 0 Å². The largest absolute Gasteiger partial charge is 0.377 e. The van der Waals surface area contributed by atoms with E-state index in [1.807, 2.05) is 0 Å². The third-order valence-corrected chi connectivity index (χ3v) is 4.08. The van der Waals surface area contributed by atoms with E-state index in [1.165, 1.54) is 37.7 Å². The minimum Gasteiger partial charge on any atom is -0.377 e. The molecule has 1 aliphatic heterocycles. The molecule has 4 nitrogen and oxygen atoms in total. The maximum absolute atomic E-state index is 11.7. The fraction of sp³-hybridized carbons (Fsp3) is 0.812. The molecular weight excluding hydrogens is 252 g/mol. The van der Waals surface area contributed by atoms with E-state index in [1.54, 1.807) is 0 Å². The van der Waals surface area contributed by atoms with Crippen LogP contribution in [-0.4, -0.2) is 38.3 Å². The second kappa shape index (κ2) is 9.14. The molecule has 0 aromatic carbocycles. The number of hydrogen-bond acceptors (Lipinski definition) is 3. The molecule has 0 radical (unpaired) electrons. The third kappa shape index (κ3) is 6.06. The summed E-state index contributed by atoms with van der Waals surface area (Å²) in [7, 11) is 0. The van der Waals surface area contributed by atoms with E-state index in [-0.39, 0.29) is 5.91 Å². The predicted molar refractivity (Wildman–Crippen MR) is 80.6 cm³/mol. The molecule has 1 unspecified atom stereocenters. The van der Waals surface area contributed by atoms with Gasteiger partial charge in [0.2, 0.25) is 5.91 Å². The van der Waals surface area contributed by atoms with Crippen LogP contribution in [0.2, 0.25) is 0 Å². The van der Waals surface area contributed by atoms with E-state index in [4.69, 9.17) is 4.74 Å². The Hall–Kier alpha value is -0.870. The van der Waals surface area contributed by atoms with E-state index in [9.17, 15) is 4.79 Å². The number of ether oxygens (including phenoxy) is 1. The summed E-state index contributed by atoms with van der Waals surface area (Å²) >= 11 is 0. The zero-order valence-electron chi connectivity index (χ0n) is 12.5. The Labute approximate surface area is 122 Å². The number of rotatable bonds is 8.